The van der Waals surface area contributed by atoms with Crippen LogP contribution in [0, 0.1) is 5.41 Å². The first-order chi connectivity index (χ1) is 9.19. The van der Waals surface area contributed by atoms with E-state index in [9.17, 15) is 9.59 Å². The van der Waals surface area contributed by atoms with Gasteiger partial charge >= 0.3 is 5.97 Å². The molecule has 0 saturated heterocycles. The molecule has 1 amide bonds. The fourth-order valence-electron chi connectivity index (χ4n) is 2.83. The van der Waals surface area contributed by atoms with Crippen molar-refractivity contribution in [3.63, 3.8) is 0 Å². The maximum atomic E-state index is 12.7. The highest BCUT2D eigenvalue weighted by Gasteiger charge is 2.59. The molecular formula is C15H17NO3. The van der Waals surface area contributed by atoms with Crippen LogP contribution >= 0.6 is 0 Å². The number of hydrogen-bond donors (Lipinski definition) is 0. The standard InChI is InChI=1S/C15H17NO3/c1-19-14(18)15(8-9-15)13(17)16-10-4-6-11-5-2-3-7-12(11)16/h2-3,5,7H,4,6,8-10H2,1H3. The average molecular weight is 259 g/mol. The lowest BCUT2D eigenvalue weighted by atomic mass is 9.98. The van der Waals surface area contributed by atoms with E-state index in [0.717, 1.165) is 18.5 Å². The Labute approximate surface area is 112 Å². The first-order valence-electron chi connectivity index (χ1n) is 6.67. The Kier molecular flexibility index (Phi) is 2.81. The summed E-state index contributed by atoms with van der Waals surface area (Å²) in [4.78, 5) is 26.3. The number of hydrogen-bond acceptors (Lipinski definition) is 3. The second kappa shape index (κ2) is 4.37. The summed E-state index contributed by atoms with van der Waals surface area (Å²) in [6.45, 7) is 0.689. The van der Waals surface area contributed by atoms with Crippen molar-refractivity contribution < 1.29 is 14.3 Å². The van der Waals surface area contributed by atoms with Crippen molar-refractivity contribution >= 4 is 17.6 Å². The van der Waals surface area contributed by atoms with E-state index in [-0.39, 0.29) is 11.9 Å². The summed E-state index contributed by atoms with van der Waals surface area (Å²) in [5.74, 6) is -0.480. The summed E-state index contributed by atoms with van der Waals surface area (Å²) in [5.41, 5.74) is 1.23. The Balaban J connectivity index is 1.92. The number of fused-ring (bicyclic) bond motifs is 1. The largest absolute Gasteiger partial charge is 0.468 e. The van der Waals surface area contributed by atoms with Crippen LogP contribution < -0.4 is 4.90 Å². The second-order valence-electron chi connectivity index (χ2n) is 5.26. The number of nitrogens with zero attached hydrogens (tertiary/aromatic N) is 1. The molecule has 3 rings (SSSR count). The Bertz CT molecular complexity index is 534. The third kappa shape index (κ3) is 1.82. The summed E-state index contributed by atoms with van der Waals surface area (Å²) in [6.07, 6.45) is 3.15. The number of anilines is 1. The molecule has 1 aliphatic heterocycles. The predicted molar refractivity (Wildman–Crippen MR) is 70.8 cm³/mol. The Morgan fingerprint density at radius 3 is 2.68 bits per heavy atom. The monoisotopic (exact) mass is 259 g/mol. The van der Waals surface area contributed by atoms with Gasteiger partial charge in [0.25, 0.3) is 0 Å². The van der Waals surface area contributed by atoms with Gasteiger partial charge < -0.3 is 9.64 Å². The molecule has 4 nitrogen and oxygen atoms in total. The van der Waals surface area contributed by atoms with Gasteiger partial charge in [0.2, 0.25) is 5.91 Å². The van der Waals surface area contributed by atoms with Crippen LogP contribution in [0.3, 0.4) is 0 Å². The molecule has 0 atom stereocenters. The van der Waals surface area contributed by atoms with Crippen LogP contribution in [0.2, 0.25) is 0 Å². The number of para-hydroxylation sites is 1. The molecule has 0 N–H and O–H groups in total. The molecule has 1 heterocycles. The molecule has 4 heteroatoms. The summed E-state index contributed by atoms with van der Waals surface area (Å²) in [7, 11) is 1.35. The number of esters is 1. The molecule has 100 valence electrons. The normalized spacial score (nSPS) is 19.5. The molecule has 1 aromatic carbocycles. The Morgan fingerprint density at radius 2 is 2.00 bits per heavy atom. The predicted octanol–water partition coefficient (Wildman–Crippen LogP) is 1.92. The van der Waals surface area contributed by atoms with Crippen molar-refractivity contribution in [3.8, 4) is 0 Å². The number of ether oxygens (including phenoxy) is 1. The fraction of sp³-hybridized carbons (Fsp3) is 0.467. The van der Waals surface area contributed by atoms with Gasteiger partial charge in [-0.1, -0.05) is 18.2 Å². The summed E-state index contributed by atoms with van der Waals surface area (Å²) in [6, 6.07) is 7.92. The van der Waals surface area contributed by atoms with Gasteiger partial charge in [-0.05, 0) is 37.3 Å². The highest BCUT2D eigenvalue weighted by atomic mass is 16.5. The Hall–Kier alpha value is -1.84. The second-order valence-corrected chi connectivity index (χ2v) is 5.26. The number of aryl methyl sites for hydroxylation is 1. The van der Waals surface area contributed by atoms with E-state index in [4.69, 9.17) is 4.74 Å². The maximum absolute atomic E-state index is 12.7. The van der Waals surface area contributed by atoms with Gasteiger partial charge in [-0.15, -0.1) is 0 Å². The van der Waals surface area contributed by atoms with Gasteiger partial charge in [0, 0.05) is 12.2 Å². The number of methoxy groups -OCH3 is 1. The molecule has 0 bridgehead atoms. The summed E-state index contributed by atoms with van der Waals surface area (Å²) < 4.78 is 4.79. The Morgan fingerprint density at radius 1 is 1.26 bits per heavy atom. The quantitative estimate of drug-likeness (QED) is 0.602. The van der Waals surface area contributed by atoms with Crippen LogP contribution in [0.25, 0.3) is 0 Å². The number of rotatable bonds is 2. The van der Waals surface area contributed by atoms with Gasteiger partial charge in [-0.3, -0.25) is 9.59 Å². The first-order valence-corrected chi connectivity index (χ1v) is 6.67. The molecule has 0 aromatic heterocycles. The molecule has 1 fully saturated rings. The van der Waals surface area contributed by atoms with E-state index in [0.29, 0.717) is 19.4 Å². The van der Waals surface area contributed by atoms with Gasteiger partial charge in [0.15, 0.2) is 0 Å². The number of amides is 1. The zero-order chi connectivity index (χ0) is 13.5. The van der Waals surface area contributed by atoms with Crippen molar-refractivity contribution in [1.82, 2.24) is 0 Å². The number of benzene rings is 1. The minimum absolute atomic E-state index is 0.0912. The van der Waals surface area contributed by atoms with E-state index < -0.39 is 5.41 Å². The van der Waals surface area contributed by atoms with E-state index in [1.165, 1.54) is 12.7 Å². The lowest BCUT2D eigenvalue weighted by Crippen LogP contribution is -2.43. The fourth-order valence-corrected chi connectivity index (χ4v) is 2.83. The molecule has 0 spiro atoms. The van der Waals surface area contributed by atoms with Crippen LogP contribution in [0.4, 0.5) is 5.69 Å². The molecule has 1 aromatic rings. The third-order valence-corrected chi connectivity index (χ3v) is 4.09. The van der Waals surface area contributed by atoms with E-state index in [2.05, 4.69) is 0 Å². The smallest absolute Gasteiger partial charge is 0.321 e. The van der Waals surface area contributed by atoms with Crippen LogP contribution in [-0.2, 0) is 20.7 Å². The van der Waals surface area contributed by atoms with Crippen molar-refractivity contribution in [2.24, 2.45) is 5.41 Å². The highest BCUT2D eigenvalue weighted by Crippen LogP contribution is 2.49. The van der Waals surface area contributed by atoms with Gasteiger partial charge in [-0.25, -0.2) is 0 Å². The summed E-state index contributed by atoms with van der Waals surface area (Å²) >= 11 is 0. The van der Waals surface area contributed by atoms with Crippen LogP contribution in [-0.4, -0.2) is 25.5 Å². The van der Waals surface area contributed by atoms with Crippen molar-refractivity contribution in [3.05, 3.63) is 29.8 Å². The minimum Gasteiger partial charge on any atom is -0.468 e. The van der Waals surface area contributed by atoms with Gasteiger partial charge in [-0.2, -0.15) is 0 Å². The van der Waals surface area contributed by atoms with Crippen molar-refractivity contribution in [1.29, 1.82) is 0 Å². The van der Waals surface area contributed by atoms with E-state index >= 15 is 0 Å². The highest BCUT2D eigenvalue weighted by molar-refractivity contribution is 6.12. The third-order valence-electron chi connectivity index (χ3n) is 4.09. The molecule has 19 heavy (non-hydrogen) atoms. The SMILES string of the molecule is COC(=O)C1(C(=O)N2CCCc3ccccc32)CC1. The van der Waals surface area contributed by atoms with Crippen molar-refractivity contribution in [2.45, 2.75) is 25.7 Å². The summed E-state index contributed by atoms with van der Waals surface area (Å²) in [5, 5.41) is 0. The van der Waals surface area contributed by atoms with Gasteiger partial charge in [0.1, 0.15) is 5.41 Å². The molecular weight excluding hydrogens is 242 g/mol. The first kappa shape index (κ1) is 12.2. The molecule has 1 saturated carbocycles. The minimum atomic E-state index is -0.904. The molecule has 0 unspecified atom stereocenters. The molecule has 0 radical (unpaired) electrons. The molecule has 1 aliphatic carbocycles. The molecule has 2 aliphatic rings. The van der Waals surface area contributed by atoms with E-state index in [1.54, 1.807) is 4.90 Å². The topological polar surface area (TPSA) is 46.6 Å². The van der Waals surface area contributed by atoms with Gasteiger partial charge in [0.05, 0.1) is 7.11 Å². The number of carbonyl (C=O) groups is 2. The van der Waals surface area contributed by atoms with Crippen LogP contribution in [0.5, 0.6) is 0 Å². The van der Waals surface area contributed by atoms with E-state index in [1.807, 2.05) is 24.3 Å². The average Bonchev–Trinajstić information content (AvgIpc) is 3.26. The zero-order valence-corrected chi connectivity index (χ0v) is 11.0. The van der Waals surface area contributed by atoms with Crippen molar-refractivity contribution in [2.75, 3.05) is 18.6 Å². The maximum Gasteiger partial charge on any atom is 0.321 e. The van der Waals surface area contributed by atoms with Crippen LogP contribution in [0.15, 0.2) is 24.3 Å². The lowest BCUT2D eigenvalue weighted by molar-refractivity contribution is -0.151. The number of carbonyl (C=O) groups excluding carboxylic acids is 2. The lowest BCUT2D eigenvalue weighted by Gasteiger charge is -2.31. The van der Waals surface area contributed by atoms with Crippen LogP contribution in [0.1, 0.15) is 24.8 Å². The zero-order valence-electron chi connectivity index (χ0n) is 11.0.